The van der Waals surface area contributed by atoms with Crippen molar-refractivity contribution in [3.63, 3.8) is 0 Å². The number of hydrogen-bond donors (Lipinski definition) is 3. The number of carbonyl (C=O) groups excluding carboxylic acids is 2. The highest BCUT2D eigenvalue weighted by atomic mass is 16.5. The average molecular weight is 889 g/mol. The van der Waals surface area contributed by atoms with Gasteiger partial charge in [0, 0.05) is 12.8 Å². The molecule has 0 rings (SSSR count). The highest BCUT2D eigenvalue weighted by Gasteiger charge is 2.18. The third-order valence-electron chi connectivity index (χ3n) is 13.0. The zero-order valence-corrected chi connectivity index (χ0v) is 42.3. The van der Waals surface area contributed by atoms with Gasteiger partial charge in [-0.2, -0.15) is 0 Å². The summed E-state index contributed by atoms with van der Waals surface area (Å²) in [6.07, 6.45) is 63.5. The van der Waals surface area contributed by atoms with Crippen molar-refractivity contribution >= 4 is 11.9 Å². The molecule has 6 heteroatoms. The fourth-order valence-corrected chi connectivity index (χ4v) is 8.64. The van der Waals surface area contributed by atoms with Crippen molar-refractivity contribution in [3.05, 3.63) is 24.3 Å². The molecule has 372 valence electrons. The van der Waals surface area contributed by atoms with Gasteiger partial charge in [-0.15, -0.1) is 0 Å². The third-order valence-corrected chi connectivity index (χ3v) is 13.0. The van der Waals surface area contributed by atoms with Gasteiger partial charge in [0.1, 0.15) is 0 Å². The number of rotatable bonds is 52. The Morgan fingerprint density at radius 2 is 0.762 bits per heavy atom. The molecule has 0 radical (unpaired) electrons. The minimum Gasteiger partial charge on any atom is -0.466 e. The minimum atomic E-state index is -0.875. The lowest BCUT2D eigenvalue weighted by Crippen LogP contribution is -2.45. The van der Waals surface area contributed by atoms with E-state index in [0.717, 1.165) is 70.6 Å². The van der Waals surface area contributed by atoms with Gasteiger partial charge >= 0.3 is 5.97 Å². The van der Waals surface area contributed by atoms with Gasteiger partial charge in [-0.1, -0.05) is 263 Å². The SMILES string of the molecule is CCCCCCCCCCCCCCCCCCCCCCCC/C=C/C(O)C(CO)NC(=O)CCC/C=C\CCCCCCOC(=O)CCCCCCCCCCCCCCC. The third kappa shape index (κ3) is 49.6. The van der Waals surface area contributed by atoms with Crippen LogP contribution in [0.1, 0.15) is 303 Å². The number of aliphatic hydroxyl groups excluding tert-OH is 2. The number of esters is 1. The van der Waals surface area contributed by atoms with Crippen LogP contribution in [0.25, 0.3) is 0 Å². The maximum Gasteiger partial charge on any atom is 0.305 e. The molecule has 0 fully saturated rings. The first kappa shape index (κ1) is 61.3. The molecule has 0 bridgehead atoms. The molecule has 3 N–H and O–H groups in total. The van der Waals surface area contributed by atoms with Crippen LogP contribution in [0.15, 0.2) is 24.3 Å². The first-order valence-corrected chi connectivity index (χ1v) is 28.1. The van der Waals surface area contributed by atoms with Crippen molar-refractivity contribution in [2.45, 2.75) is 315 Å². The van der Waals surface area contributed by atoms with Gasteiger partial charge in [0.25, 0.3) is 0 Å². The zero-order valence-electron chi connectivity index (χ0n) is 42.3. The second-order valence-corrected chi connectivity index (χ2v) is 19.3. The number of carbonyl (C=O) groups is 2. The van der Waals surface area contributed by atoms with Crippen molar-refractivity contribution in [3.8, 4) is 0 Å². The smallest absolute Gasteiger partial charge is 0.305 e. The lowest BCUT2D eigenvalue weighted by Gasteiger charge is -2.19. The molecule has 0 saturated carbocycles. The van der Waals surface area contributed by atoms with E-state index < -0.39 is 12.1 Å². The molecule has 0 aliphatic carbocycles. The van der Waals surface area contributed by atoms with Crippen LogP contribution in [0.3, 0.4) is 0 Å². The summed E-state index contributed by atoms with van der Waals surface area (Å²) in [6.45, 7) is 4.83. The monoisotopic (exact) mass is 888 g/mol. The number of amides is 1. The van der Waals surface area contributed by atoms with Crippen molar-refractivity contribution in [2.75, 3.05) is 13.2 Å². The largest absolute Gasteiger partial charge is 0.466 e. The highest BCUT2D eigenvalue weighted by molar-refractivity contribution is 5.76. The summed E-state index contributed by atoms with van der Waals surface area (Å²) in [5.41, 5.74) is 0. The number of hydrogen-bond acceptors (Lipinski definition) is 5. The van der Waals surface area contributed by atoms with Gasteiger partial charge in [0.2, 0.25) is 5.91 Å². The van der Waals surface area contributed by atoms with E-state index in [1.165, 1.54) is 205 Å². The van der Waals surface area contributed by atoms with E-state index in [1.807, 2.05) is 6.08 Å². The number of nitrogens with one attached hydrogen (secondary N) is 1. The van der Waals surface area contributed by atoms with Gasteiger partial charge < -0.3 is 20.3 Å². The zero-order chi connectivity index (χ0) is 45.8. The molecule has 2 atom stereocenters. The normalized spacial score (nSPS) is 12.8. The summed E-state index contributed by atoms with van der Waals surface area (Å²) in [5.74, 6) is -0.161. The fraction of sp³-hybridized carbons (Fsp3) is 0.895. The summed E-state index contributed by atoms with van der Waals surface area (Å²) >= 11 is 0. The molecule has 0 aromatic carbocycles. The molecule has 6 nitrogen and oxygen atoms in total. The minimum absolute atomic E-state index is 0.0359. The molecule has 63 heavy (non-hydrogen) atoms. The Hall–Kier alpha value is -1.66. The van der Waals surface area contributed by atoms with E-state index in [4.69, 9.17) is 4.74 Å². The molecule has 0 saturated heterocycles. The molecule has 1 amide bonds. The van der Waals surface area contributed by atoms with E-state index in [2.05, 4.69) is 31.3 Å². The molecule has 0 heterocycles. The first-order valence-electron chi connectivity index (χ1n) is 28.1. The van der Waals surface area contributed by atoms with E-state index in [9.17, 15) is 19.8 Å². The Bertz CT molecular complexity index is 982. The second kappa shape index (κ2) is 53.0. The summed E-state index contributed by atoms with van der Waals surface area (Å²) in [5, 5.41) is 23.1. The maximum absolute atomic E-state index is 12.4. The van der Waals surface area contributed by atoms with Gasteiger partial charge in [0.15, 0.2) is 0 Å². The molecular weight excluding hydrogens is 779 g/mol. The van der Waals surface area contributed by atoms with Crippen LogP contribution in [0.4, 0.5) is 0 Å². The van der Waals surface area contributed by atoms with E-state index >= 15 is 0 Å². The quantitative estimate of drug-likeness (QED) is 0.0321. The van der Waals surface area contributed by atoms with Crippen molar-refractivity contribution < 1.29 is 24.5 Å². The molecular formula is C57H109NO5. The molecule has 0 aliphatic rings. The number of ether oxygens (including phenoxy) is 1. The lowest BCUT2D eigenvalue weighted by atomic mass is 10.0. The van der Waals surface area contributed by atoms with Crippen LogP contribution in [0.2, 0.25) is 0 Å². The Balaban J connectivity index is 3.55. The molecule has 0 spiro atoms. The van der Waals surface area contributed by atoms with Gasteiger partial charge in [-0.25, -0.2) is 0 Å². The topological polar surface area (TPSA) is 95.9 Å². The van der Waals surface area contributed by atoms with Gasteiger partial charge in [0.05, 0.1) is 25.4 Å². The molecule has 0 aromatic heterocycles. The second-order valence-electron chi connectivity index (χ2n) is 19.3. The predicted molar refractivity (Wildman–Crippen MR) is 273 cm³/mol. The summed E-state index contributed by atoms with van der Waals surface area (Å²) in [4.78, 5) is 24.5. The Kier molecular flexibility index (Phi) is 51.6. The van der Waals surface area contributed by atoms with E-state index in [1.54, 1.807) is 6.08 Å². The lowest BCUT2D eigenvalue weighted by molar-refractivity contribution is -0.143. The van der Waals surface area contributed by atoms with Crippen LogP contribution < -0.4 is 5.32 Å². The maximum atomic E-state index is 12.4. The molecule has 2 unspecified atom stereocenters. The van der Waals surface area contributed by atoms with Crippen LogP contribution in [0, 0.1) is 0 Å². The fourth-order valence-electron chi connectivity index (χ4n) is 8.64. The predicted octanol–water partition coefficient (Wildman–Crippen LogP) is 17.1. The van der Waals surface area contributed by atoms with Gasteiger partial charge in [-0.05, 0) is 51.4 Å². The first-order chi connectivity index (χ1) is 31.0. The van der Waals surface area contributed by atoms with E-state index in [-0.39, 0.29) is 18.5 Å². The Labute approximate surface area is 392 Å². The van der Waals surface area contributed by atoms with Crippen LogP contribution in [-0.4, -0.2) is 47.4 Å². The Morgan fingerprint density at radius 1 is 0.429 bits per heavy atom. The molecule has 0 aromatic rings. The number of aliphatic hydroxyl groups is 2. The van der Waals surface area contributed by atoms with Crippen LogP contribution in [-0.2, 0) is 14.3 Å². The Morgan fingerprint density at radius 3 is 1.16 bits per heavy atom. The summed E-state index contributed by atoms with van der Waals surface area (Å²) in [6, 6.07) is -0.665. The van der Waals surface area contributed by atoms with Crippen LogP contribution >= 0.6 is 0 Å². The van der Waals surface area contributed by atoms with Crippen LogP contribution in [0.5, 0.6) is 0 Å². The standard InChI is InChI=1S/C57H109NO5/c1-3-5-7-9-11-13-15-17-18-19-20-21-22-23-24-25-26-27-29-30-33-37-41-45-49-55(60)54(53-59)58-56(61)50-46-42-38-34-32-36-40-44-48-52-63-57(62)51-47-43-39-35-31-28-16-14-12-10-8-6-4-2/h34,38,45,49,54-55,59-60H,3-33,35-37,39-44,46-48,50-53H2,1-2H3,(H,58,61)/b38-34-,49-45+. The van der Waals surface area contributed by atoms with Crippen molar-refractivity contribution in [1.29, 1.82) is 0 Å². The van der Waals surface area contributed by atoms with E-state index in [0.29, 0.717) is 19.4 Å². The summed E-state index contributed by atoms with van der Waals surface area (Å²) < 4.78 is 5.44. The van der Waals surface area contributed by atoms with Crippen molar-refractivity contribution in [2.24, 2.45) is 0 Å². The summed E-state index contributed by atoms with van der Waals surface area (Å²) in [7, 11) is 0. The number of unbranched alkanes of at least 4 members (excludes halogenated alkanes) is 39. The average Bonchev–Trinajstić information content (AvgIpc) is 3.28. The number of allylic oxidation sites excluding steroid dienone is 3. The molecule has 0 aliphatic heterocycles. The van der Waals surface area contributed by atoms with Gasteiger partial charge in [-0.3, -0.25) is 9.59 Å². The van der Waals surface area contributed by atoms with Crippen molar-refractivity contribution in [1.82, 2.24) is 5.32 Å². The highest BCUT2D eigenvalue weighted by Crippen LogP contribution is 2.17.